The number of carbonyl (C=O) groups is 1. The summed E-state index contributed by atoms with van der Waals surface area (Å²) in [7, 11) is 0. The van der Waals surface area contributed by atoms with Crippen molar-refractivity contribution in [2.45, 2.75) is 6.54 Å². The third-order valence-electron chi connectivity index (χ3n) is 4.99. The van der Waals surface area contributed by atoms with E-state index in [0.717, 1.165) is 11.3 Å². The maximum Gasteiger partial charge on any atom is 0.255 e. The average Bonchev–Trinajstić information content (AvgIpc) is 3.46. The lowest BCUT2D eigenvalue weighted by atomic mass is 10.1. The standard InChI is InChI=1S/C24H18FN3O3/c25-18-9-7-17(8-10-18)23-20(14-28(27-23)19-4-2-1-3-5-19)24(29)26-13-16-6-11-21-22(12-16)31-15-30-21/h1-12,14H,13,15H2,(H,26,29). The van der Waals surface area contributed by atoms with Crippen LogP contribution in [0.4, 0.5) is 4.39 Å². The van der Waals surface area contributed by atoms with Gasteiger partial charge in [-0.05, 0) is 54.1 Å². The summed E-state index contributed by atoms with van der Waals surface area (Å²) in [5.41, 5.74) is 3.24. The number of nitrogens with one attached hydrogen (secondary N) is 1. The number of carbonyl (C=O) groups excluding carboxylic acids is 1. The molecule has 5 rings (SSSR count). The number of amides is 1. The minimum Gasteiger partial charge on any atom is -0.454 e. The van der Waals surface area contributed by atoms with Gasteiger partial charge in [0.1, 0.15) is 11.5 Å². The molecule has 1 aromatic heterocycles. The number of hydrogen-bond acceptors (Lipinski definition) is 4. The Morgan fingerprint density at radius 3 is 2.58 bits per heavy atom. The van der Waals surface area contributed by atoms with Crippen molar-refractivity contribution in [3.05, 3.63) is 95.9 Å². The average molecular weight is 415 g/mol. The highest BCUT2D eigenvalue weighted by molar-refractivity contribution is 5.99. The van der Waals surface area contributed by atoms with Gasteiger partial charge in [0.15, 0.2) is 11.5 Å². The topological polar surface area (TPSA) is 65.4 Å². The van der Waals surface area contributed by atoms with Crippen LogP contribution in [0.15, 0.2) is 79.0 Å². The van der Waals surface area contributed by atoms with E-state index in [-0.39, 0.29) is 18.5 Å². The van der Waals surface area contributed by atoms with Crippen molar-refractivity contribution in [2.24, 2.45) is 0 Å². The van der Waals surface area contributed by atoms with Crippen LogP contribution >= 0.6 is 0 Å². The molecule has 0 aliphatic carbocycles. The fourth-order valence-electron chi connectivity index (χ4n) is 3.40. The minimum atomic E-state index is -0.347. The number of benzene rings is 3. The highest BCUT2D eigenvalue weighted by atomic mass is 19.1. The van der Waals surface area contributed by atoms with E-state index < -0.39 is 0 Å². The van der Waals surface area contributed by atoms with Gasteiger partial charge in [-0.2, -0.15) is 5.10 Å². The predicted octanol–water partition coefficient (Wildman–Crippen LogP) is 4.34. The molecule has 0 atom stereocenters. The fourth-order valence-corrected chi connectivity index (χ4v) is 3.40. The Morgan fingerprint density at radius 2 is 1.77 bits per heavy atom. The molecule has 2 heterocycles. The van der Waals surface area contributed by atoms with Crippen molar-refractivity contribution in [1.82, 2.24) is 15.1 Å². The van der Waals surface area contributed by atoms with Gasteiger partial charge in [-0.3, -0.25) is 4.79 Å². The second-order valence-corrected chi connectivity index (χ2v) is 7.05. The van der Waals surface area contributed by atoms with Crippen LogP contribution in [0.25, 0.3) is 16.9 Å². The van der Waals surface area contributed by atoms with E-state index in [2.05, 4.69) is 10.4 Å². The third kappa shape index (κ3) is 3.85. The number of ether oxygens (including phenoxy) is 2. The maximum atomic E-state index is 13.4. The molecule has 0 unspecified atom stereocenters. The molecule has 3 aromatic carbocycles. The molecule has 1 amide bonds. The van der Waals surface area contributed by atoms with Gasteiger partial charge in [-0.15, -0.1) is 0 Å². The van der Waals surface area contributed by atoms with Gasteiger partial charge < -0.3 is 14.8 Å². The third-order valence-corrected chi connectivity index (χ3v) is 4.99. The molecule has 0 bridgehead atoms. The van der Waals surface area contributed by atoms with E-state index >= 15 is 0 Å². The van der Waals surface area contributed by atoms with Gasteiger partial charge in [-0.1, -0.05) is 24.3 Å². The molecule has 1 aliphatic heterocycles. The van der Waals surface area contributed by atoms with E-state index in [9.17, 15) is 9.18 Å². The van der Waals surface area contributed by atoms with Crippen molar-refractivity contribution in [3.8, 4) is 28.4 Å². The summed E-state index contributed by atoms with van der Waals surface area (Å²) in [4.78, 5) is 13.1. The van der Waals surface area contributed by atoms with Gasteiger partial charge in [0.25, 0.3) is 5.91 Å². The summed E-state index contributed by atoms with van der Waals surface area (Å²) in [5.74, 6) is 0.729. The first kappa shape index (κ1) is 18.9. The molecule has 0 fully saturated rings. The maximum absolute atomic E-state index is 13.4. The number of nitrogens with zero attached hydrogens (tertiary/aromatic N) is 2. The van der Waals surface area contributed by atoms with Crippen molar-refractivity contribution < 1.29 is 18.7 Å². The summed E-state index contributed by atoms with van der Waals surface area (Å²) >= 11 is 0. The molecule has 0 saturated carbocycles. The number of para-hydroxylation sites is 1. The molecule has 0 radical (unpaired) electrons. The Bertz CT molecular complexity index is 1240. The van der Waals surface area contributed by atoms with Gasteiger partial charge in [0.05, 0.1) is 11.3 Å². The Morgan fingerprint density at radius 1 is 1.00 bits per heavy atom. The highest BCUT2D eigenvalue weighted by Crippen LogP contribution is 2.32. The van der Waals surface area contributed by atoms with Gasteiger partial charge >= 0.3 is 0 Å². The lowest BCUT2D eigenvalue weighted by Crippen LogP contribution is -2.23. The van der Waals surface area contributed by atoms with Crippen molar-refractivity contribution in [1.29, 1.82) is 0 Å². The second-order valence-electron chi connectivity index (χ2n) is 7.05. The smallest absolute Gasteiger partial charge is 0.255 e. The van der Waals surface area contributed by atoms with Gasteiger partial charge in [0, 0.05) is 18.3 Å². The minimum absolute atomic E-state index is 0.199. The molecule has 7 heteroatoms. The van der Waals surface area contributed by atoms with Crippen LogP contribution in [-0.4, -0.2) is 22.5 Å². The van der Waals surface area contributed by atoms with E-state index in [1.165, 1.54) is 12.1 Å². The molecule has 154 valence electrons. The first-order valence-corrected chi connectivity index (χ1v) is 9.75. The summed E-state index contributed by atoms with van der Waals surface area (Å²) < 4.78 is 25.8. The number of hydrogen-bond donors (Lipinski definition) is 1. The van der Waals surface area contributed by atoms with E-state index in [0.29, 0.717) is 34.9 Å². The van der Waals surface area contributed by atoms with Crippen LogP contribution in [0.1, 0.15) is 15.9 Å². The van der Waals surface area contributed by atoms with Gasteiger partial charge in [0.2, 0.25) is 6.79 Å². The van der Waals surface area contributed by atoms with Crippen LogP contribution in [0.2, 0.25) is 0 Å². The lowest BCUT2D eigenvalue weighted by molar-refractivity contribution is 0.0951. The predicted molar refractivity (Wildman–Crippen MR) is 113 cm³/mol. The van der Waals surface area contributed by atoms with E-state index in [1.54, 1.807) is 23.0 Å². The first-order chi connectivity index (χ1) is 15.2. The molecule has 1 aliphatic rings. The summed E-state index contributed by atoms with van der Waals surface area (Å²) in [6.07, 6.45) is 1.68. The molecule has 1 N–H and O–H groups in total. The zero-order valence-corrected chi connectivity index (χ0v) is 16.4. The highest BCUT2D eigenvalue weighted by Gasteiger charge is 2.19. The van der Waals surface area contributed by atoms with Crippen molar-refractivity contribution in [2.75, 3.05) is 6.79 Å². The van der Waals surface area contributed by atoms with E-state index in [1.807, 2.05) is 48.5 Å². The molecule has 0 spiro atoms. The Balaban J connectivity index is 1.44. The summed E-state index contributed by atoms with van der Waals surface area (Å²) in [6, 6.07) is 21.0. The quantitative estimate of drug-likeness (QED) is 0.527. The zero-order valence-electron chi connectivity index (χ0n) is 16.4. The number of rotatable bonds is 5. The summed E-state index contributed by atoms with van der Waals surface area (Å²) in [6.45, 7) is 0.514. The Hall–Kier alpha value is -4.13. The Kier molecular flexibility index (Phi) is 4.84. The molecule has 31 heavy (non-hydrogen) atoms. The number of aromatic nitrogens is 2. The van der Waals surface area contributed by atoms with Crippen LogP contribution in [0.3, 0.4) is 0 Å². The van der Waals surface area contributed by atoms with Crippen molar-refractivity contribution >= 4 is 5.91 Å². The molecule has 4 aromatic rings. The molecule has 0 saturated heterocycles. The van der Waals surface area contributed by atoms with Crippen LogP contribution < -0.4 is 14.8 Å². The largest absolute Gasteiger partial charge is 0.454 e. The van der Waals surface area contributed by atoms with Crippen LogP contribution in [0, 0.1) is 5.82 Å². The zero-order chi connectivity index (χ0) is 21.2. The van der Waals surface area contributed by atoms with Gasteiger partial charge in [-0.25, -0.2) is 9.07 Å². The second kappa shape index (κ2) is 7.95. The van der Waals surface area contributed by atoms with Crippen LogP contribution in [-0.2, 0) is 6.54 Å². The molecular weight excluding hydrogens is 397 g/mol. The number of halogens is 1. The first-order valence-electron chi connectivity index (χ1n) is 9.75. The number of fused-ring (bicyclic) bond motifs is 1. The van der Waals surface area contributed by atoms with Crippen molar-refractivity contribution in [3.63, 3.8) is 0 Å². The fraction of sp³-hybridized carbons (Fsp3) is 0.0833. The lowest BCUT2D eigenvalue weighted by Gasteiger charge is -2.07. The molecule has 6 nitrogen and oxygen atoms in total. The normalized spacial score (nSPS) is 12.0. The monoisotopic (exact) mass is 415 g/mol. The molecular formula is C24H18FN3O3. The van der Waals surface area contributed by atoms with Crippen LogP contribution in [0.5, 0.6) is 11.5 Å². The Labute approximate surface area is 177 Å². The summed E-state index contributed by atoms with van der Waals surface area (Å²) in [5, 5.41) is 7.53. The SMILES string of the molecule is O=C(NCc1ccc2c(c1)OCO2)c1cn(-c2ccccc2)nc1-c1ccc(F)cc1. The van der Waals surface area contributed by atoms with E-state index in [4.69, 9.17) is 9.47 Å².